The Morgan fingerprint density at radius 3 is 2.45 bits per heavy atom. The van der Waals surface area contributed by atoms with E-state index in [1.165, 1.54) is 6.20 Å². The molecule has 0 saturated carbocycles. The lowest BCUT2D eigenvalue weighted by Crippen LogP contribution is -2.49. The standard InChI is InChI=1S/C29H32FN7O/c1-4-24-6-5-9-31-27(24)35-12-10-34(11-13-35)20-23-8-7-21(2)25(18-23)28(38)36-14-16-37(17-15-36)29-32-19-26(30)22(3)33-29/h1,5-9,18-19H,10-17,20H2,2-3H3. The van der Waals surface area contributed by atoms with Crippen LogP contribution >= 0.6 is 0 Å². The van der Waals surface area contributed by atoms with E-state index < -0.39 is 5.82 Å². The Hall–Kier alpha value is -4.03. The van der Waals surface area contributed by atoms with Crippen molar-refractivity contribution < 1.29 is 9.18 Å². The van der Waals surface area contributed by atoms with Crippen molar-refractivity contribution in [3.63, 3.8) is 0 Å². The minimum atomic E-state index is -0.411. The van der Waals surface area contributed by atoms with Crippen LogP contribution in [0, 0.1) is 32.0 Å². The number of terminal acetylenes is 1. The molecule has 4 heterocycles. The first kappa shape index (κ1) is 25.6. The normalized spacial score (nSPS) is 16.4. The molecule has 2 aromatic heterocycles. The summed E-state index contributed by atoms with van der Waals surface area (Å²) in [7, 11) is 0. The number of rotatable bonds is 5. The van der Waals surface area contributed by atoms with Gasteiger partial charge in [0.15, 0.2) is 5.82 Å². The Bertz CT molecular complexity index is 1360. The molecule has 0 aliphatic carbocycles. The number of aryl methyl sites for hydroxylation is 2. The fraction of sp³-hybridized carbons (Fsp3) is 0.379. The van der Waals surface area contributed by atoms with Gasteiger partial charge in [0.1, 0.15) is 5.82 Å². The Morgan fingerprint density at radius 2 is 1.74 bits per heavy atom. The van der Waals surface area contributed by atoms with Crippen molar-refractivity contribution in [3.8, 4) is 12.3 Å². The van der Waals surface area contributed by atoms with Crippen LogP contribution in [0.1, 0.15) is 32.7 Å². The van der Waals surface area contributed by atoms with E-state index in [1.807, 2.05) is 41.0 Å². The number of halogens is 1. The minimum Gasteiger partial charge on any atom is -0.353 e. The maximum Gasteiger partial charge on any atom is 0.254 e. The van der Waals surface area contributed by atoms with Gasteiger partial charge in [-0.2, -0.15) is 0 Å². The third-order valence-electron chi connectivity index (χ3n) is 7.31. The number of amides is 1. The largest absolute Gasteiger partial charge is 0.353 e. The molecule has 0 N–H and O–H groups in total. The molecule has 5 rings (SSSR count). The fourth-order valence-corrected chi connectivity index (χ4v) is 5.01. The van der Waals surface area contributed by atoms with E-state index >= 15 is 0 Å². The van der Waals surface area contributed by atoms with E-state index in [9.17, 15) is 9.18 Å². The van der Waals surface area contributed by atoms with Gasteiger partial charge in [-0.15, -0.1) is 6.42 Å². The van der Waals surface area contributed by atoms with Gasteiger partial charge in [0, 0.05) is 70.7 Å². The van der Waals surface area contributed by atoms with Crippen molar-refractivity contribution in [2.45, 2.75) is 20.4 Å². The molecule has 0 spiro atoms. The number of hydrogen-bond donors (Lipinski definition) is 0. The Morgan fingerprint density at radius 1 is 1.00 bits per heavy atom. The van der Waals surface area contributed by atoms with Crippen molar-refractivity contribution >= 4 is 17.7 Å². The summed E-state index contributed by atoms with van der Waals surface area (Å²) >= 11 is 0. The molecule has 3 aromatic rings. The van der Waals surface area contributed by atoms with Crippen LogP contribution in [0.15, 0.2) is 42.7 Å². The van der Waals surface area contributed by atoms with Crippen LogP contribution in [-0.2, 0) is 6.54 Å². The average Bonchev–Trinajstić information content (AvgIpc) is 2.95. The zero-order valence-corrected chi connectivity index (χ0v) is 21.9. The first-order valence-electron chi connectivity index (χ1n) is 12.9. The molecule has 8 nitrogen and oxygen atoms in total. The van der Waals surface area contributed by atoms with E-state index in [-0.39, 0.29) is 5.91 Å². The van der Waals surface area contributed by atoms with Crippen molar-refractivity contribution in [1.82, 2.24) is 24.8 Å². The van der Waals surface area contributed by atoms with Gasteiger partial charge < -0.3 is 14.7 Å². The molecule has 2 fully saturated rings. The van der Waals surface area contributed by atoms with Crippen molar-refractivity contribution in [1.29, 1.82) is 0 Å². The zero-order valence-electron chi connectivity index (χ0n) is 21.9. The Kier molecular flexibility index (Phi) is 7.52. The molecule has 2 aliphatic heterocycles. The highest BCUT2D eigenvalue weighted by Crippen LogP contribution is 2.21. The maximum absolute atomic E-state index is 13.5. The van der Waals surface area contributed by atoms with Gasteiger partial charge in [-0.3, -0.25) is 9.69 Å². The molecule has 196 valence electrons. The molecular formula is C29H32FN7O. The van der Waals surface area contributed by atoms with Gasteiger partial charge in [0.2, 0.25) is 5.95 Å². The summed E-state index contributed by atoms with van der Waals surface area (Å²) in [5, 5.41) is 0. The number of anilines is 2. The van der Waals surface area contributed by atoms with Crippen LogP contribution in [0.5, 0.6) is 0 Å². The van der Waals surface area contributed by atoms with E-state index in [0.717, 1.165) is 60.8 Å². The van der Waals surface area contributed by atoms with Crippen LogP contribution in [0.4, 0.5) is 16.2 Å². The first-order valence-corrected chi connectivity index (χ1v) is 12.9. The predicted molar refractivity (Wildman–Crippen MR) is 146 cm³/mol. The number of nitrogens with zero attached hydrogens (tertiary/aromatic N) is 7. The molecule has 0 radical (unpaired) electrons. The quantitative estimate of drug-likeness (QED) is 0.486. The number of piperazine rings is 2. The first-order chi connectivity index (χ1) is 18.4. The molecule has 9 heteroatoms. The van der Waals surface area contributed by atoms with Gasteiger partial charge in [-0.05, 0) is 43.2 Å². The molecule has 1 aromatic carbocycles. The molecule has 0 atom stereocenters. The summed E-state index contributed by atoms with van der Waals surface area (Å²) in [5.41, 5.74) is 4.00. The second-order valence-electron chi connectivity index (χ2n) is 9.81. The van der Waals surface area contributed by atoms with Gasteiger partial charge in [0.05, 0.1) is 17.5 Å². The predicted octanol–water partition coefficient (Wildman–Crippen LogP) is 2.89. The number of pyridine rings is 1. The highest BCUT2D eigenvalue weighted by Gasteiger charge is 2.26. The van der Waals surface area contributed by atoms with Crippen LogP contribution in [0.25, 0.3) is 0 Å². The van der Waals surface area contributed by atoms with Gasteiger partial charge in [-0.25, -0.2) is 19.3 Å². The second kappa shape index (κ2) is 11.2. The smallest absolute Gasteiger partial charge is 0.254 e. The van der Waals surface area contributed by atoms with E-state index in [2.05, 4.69) is 36.7 Å². The second-order valence-corrected chi connectivity index (χ2v) is 9.81. The molecule has 0 unspecified atom stereocenters. The highest BCUT2D eigenvalue weighted by atomic mass is 19.1. The monoisotopic (exact) mass is 513 g/mol. The van der Waals surface area contributed by atoms with Crippen LogP contribution in [0.3, 0.4) is 0 Å². The Labute approximate surface area is 223 Å². The summed E-state index contributed by atoms with van der Waals surface area (Å²) in [6, 6.07) is 9.98. The molecule has 0 bridgehead atoms. The van der Waals surface area contributed by atoms with Crippen LogP contribution < -0.4 is 9.80 Å². The molecule has 2 saturated heterocycles. The van der Waals surface area contributed by atoms with Crippen molar-refractivity contribution in [2.75, 3.05) is 62.2 Å². The number of benzene rings is 1. The van der Waals surface area contributed by atoms with Crippen molar-refractivity contribution in [2.24, 2.45) is 0 Å². The summed E-state index contributed by atoms with van der Waals surface area (Å²) < 4.78 is 13.5. The molecule has 38 heavy (non-hydrogen) atoms. The zero-order chi connectivity index (χ0) is 26.6. The van der Waals surface area contributed by atoms with Crippen LogP contribution in [0.2, 0.25) is 0 Å². The number of carbonyl (C=O) groups is 1. The average molecular weight is 514 g/mol. The van der Waals surface area contributed by atoms with Gasteiger partial charge in [-0.1, -0.05) is 18.1 Å². The summed E-state index contributed by atoms with van der Waals surface area (Å²) in [6.07, 6.45) is 8.64. The lowest BCUT2D eigenvalue weighted by molar-refractivity contribution is 0.0745. The fourth-order valence-electron chi connectivity index (χ4n) is 5.01. The lowest BCUT2D eigenvalue weighted by atomic mass is 10.0. The summed E-state index contributed by atoms with van der Waals surface area (Å²) in [4.78, 5) is 34.8. The molecule has 2 aliphatic rings. The number of aromatic nitrogens is 3. The van der Waals surface area contributed by atoms with Gasteiger partial charge in [0.25, 0.3) is 5.91 Å². The van der Waals surface area contributed by atoms with E-state index in [0.29, 0.717) is 37.8 Å². The number of hydrogen-bond acceptors (Lipinski definition) is 7. The lowest BCUT2D eigenvalue weighted by Gasteiger charge is -2.36. The molecule has 1 amide bonds. The van der Waals surface area contributed by atoms with Crippen LogP contribution in [-0.4, -0.2) is 83.0 Å². The SMILES string of the molecule is C#Cc1cccnc1N1CCN(Cc2ccc(C)c(C(=O)N3CCN(c4ncc(F)c(C)n4)CC3)c2)CC1. The van der Waals surface area contributed by atoms with E-state index in [1.54, 1.807) is 13.1 Å². The van der Waals surface area contributed by atoms with Crippen molar-refractivity contribution in [3.05, 3.63) is 76.5 Å². The topological polar surface area (TPSA) is 68.7 Å². The third kappa shape index (κ3) is 5.46. The maximum atomic E-state index is 13.5. The summed E-state index contributed by atoms with van der Waals surface area (Å²) in [5.74, 6) is 3.75. The van der Waals surface area contributed by atoms with E-state index in [4.69, 9.17) is 6.42 Å². The Balaban J connectivity index is 1.19. The minimum absolute atomic E-state index is 0.0435. The highest BCUT2D eigenvalue weighted by molar-refractivity contribution is 5.96. The molecular weight excluding hydrogens is 481 g/mol. The number of carbonyl (C=O) groups excluding carboxylic acids is 1. The third-order valence-corrected chi connectivity index (χ3v) is 7.31. The summed E-state index contributed by atoms with van der Waals surface area (Å²) in [6.45, 7) is 10.2. The van der Waals surface area contributed by atoms with Gasteiger partial charge >= 0.3 is 0 Å².